The first-order chi connectivity index (χ1) is 11.7. The van der Waals surface area contributed by atoms with E-state index in [1.54, 1.807) is 4.68 Å². The predicted octanol–water partition coefficient (Wildman–Crippen LogP) is 3.51. The fourth-order valence-electron chi connectivity index (χ4n) is 2.36. The van der Waals surface area contributed by atoms with Crippen LogP contribution in [-0.2, 0) is 6.42 Å². The number of aryl methyl sites for hydroxylation is 2. The number of carbonyl (C=O) groups excluding carboxylic acids is 1. The van der Waals surface area contributed by atoms with Crippen molar-refractivity contribution in [3.8, 4) is 5.69 Å². The summed E-state index contributed by atoms with van der Waals surface area (Å²) in [5.41, 5.74) is 3.94. The van der Waals surface area contributed by atoms with Crippen molar-refractivity contribution in [3.05, 3.63) is 65.2 Å². The van der Waals surface area contributed by atoms with E-state index in [1.165, 1.54) is 17.3 Å². The molecule has 6 heteroatoms. The van der Waals surface area contributed by atoms with Crippen LogP contribution in [0.4, 0.5) is 0 Å². The minimum atomic E-state index is 0.0713. The molecule has 0 saturated heterocycles. The third-order valence-electron chi connectivity index (χ3n) is 3.80. The van der Waals surface area contributed by atoms with E-state index in [4.69, 9.17) is 0 Å². The Morgan fingerprint density at radius 2 is 1.88 bits per heavy atom. The SMILES string of the molecule is CCc1ccc(C(=O)CSc2nnnn2-c2ccccc2C)cc1. The van der Waals surface area contributed by atoms with E-state index in [0.717, 1.165) is 23.2 Å². The summed E-state index contributed by atoms with van der Waals surface area (Å²) in [6.07, 6.45) is 0.967. The van der Waals surface area contributed by atoms with Crippen molar-refractivity contribution < 1.29 is 4.79 Å². The molecule has 0 N–H and O–H groups in total. The van der Waals surface area contributed by atoms with Crippen molar-refractivity contribution in [1.29, 1.82) is 0 Å². The van der Waals surface area contributed by atoms with Gasteiger partial charge in [-0.05, 0) is 41.0 Å². The highest BCUT2D eigenvalue weighted by Gasteiger charge is 2.13. The number of rotatable bonds is 6. The molecule has 0 atom stereocenters. The van der Waals surface area contributed by atoms with Crippen molar-refractivity contribution in [2.75, 3.05) is 5.75 Å². The highest BCUT2D eigenvalue weighted by molar-refractivity contribution is 7.99. The van der Waals surface area contributed by atoms with E-state index < -0.39 is 0 Å². The number of para-hydroxylation sites is 1. The van der Waals surface area contributed by atoms with Gasteiger partial charge in [-0.3, -0.25) is 4.79 Å². The maximum absolute atomic E-state index is 12.4. The Balaban J connectivity index is 1.72. The van der Waals surface area contributed by atoms with Gasteiger partial charge in [0.15, 0.2) is 5.78 Å². The topological polar surface area (TPSA) is 60.7 Å². The highest BCUT2D eigenvalue weighted by Crippen LogP contribution is 2.21. The number of benzene rings is 2. The van der Waals surface area contributed by atoms with Gasteiger partial charge in [-0.25, -0.2) is 0 Å². The molecular weight excluding hydrogens is 320 g/mol. The van der Waals surface area contributed by atoms with Crippen molar-refractivity contribution in [1.82, 2.24) is 20.2 Å². The lowest BCUT2D eigenvalue weighted by atomic mass is 10.1. The van der Waals surface area contributed by atoms with Crippen molar-refractivity contribution in [3.63, 3.8) is 0 Å². The molecule has 0 aliphatic carbocycles. The number of aromatic nitrogens is 4. The molecule has 3 rings (SSSR count). The number of thioether (sulfide) groups is 1. The summed E-state index contributed by atoms with van der Waals surface area (Å²) in [6, 6.07) is 15.6. The van der Waals surface area contributed by atoms with Crippen LogP contribution in [0.25, 0.3) is 5.69 Å². The van der Waals surface area contributed by atoms with Gasteiger partial charge >= 0.3 is 0 Å². The monoisotopic (exact) mass is 338 g/mol. The van der Waals surface area contributed by atoms with Gasteiger partial charge < -0.3 is 0 Å². The fraction of sp³-hybridized carbons (Fsp3) is 0.222. The molecular formula is C18H18N4OS. The van der Waals surface area contributed by atoms with E-state index in [-0.39, 0.29) is 5.78 Å². The first-order valence-electron chi connectivity index (χ1n) is 7.78. The van der Waals surface area contributed by atoms with Gasteiger partial charge in [-0.1, -0.05) is 61.2 Å². The molecule has 0 unspecified atom stereocenters. The molecule has 1 aromatic heterocycles. The molecule has 1 heterocycles. The Labute approximate surface area is 145 Å². The van der Waals surface area contributed by atoms with Gasteiger partial charge in [0, 0.05) is 5.56 Å². The van der Waals surface area contributed by atoms with Crippen molar-refractivity contribution in [2.45, 2.75) is 25.4 Å². The van der Waals surface area contributed by atoms with Crippen LogP contribution >= 0.6 is 11.8 Å². The highest BCUT2D eigenvalue weighted by atomic mass is 32.2. The molecule has 0 fully saturated rings. The van der Waals surface area contributed by atoms with Crippen LogP contribution < -0.4 is 0 Å². The molecule has 0 spiro atoms. The van der Waals surface area contributed by atoms with Crippen LogP contribution in [0.2, 0.25) is 0 Å². The Morgan fingerprint density at radius 3 is 2.58 bits per heavy atom. The average molecular weight is 338 g/mol. The molecule has 0 saturated carbocycles. The summed E-state index contributed by atoms with van der Waals surface area (Å²) in [7, 11) is 0. The summed E-state index contributed by atoms with van der Waals surface area (Å²) >= 11 is 1.35. The fourth-order valence-corrected chi connectivity index (χ4v) is 3.14. The van der Waals surface area contributed by atoms with Crippen LogP contribution in [0.3, 0.4) is 0 Å². The zero-order valence-corrected chi connectivity index (χ0v) is 14.5. The number of nitrogens with zero attached hydrogens (tertiary/aromatic N) is 4. The molecule has 5 nitrogen and oxygen atoms in total. The number of Topliss-reactive ketones (excluding diaryl/α,β-unsaturated/α-hetero) is 1. The van der Waals surface area contributed by atoms with E-state index in [1.807, 2.05) is 55.5 Å². The third kappa shape index (κ3) is 3.54. The molecule has 0 aliphatic heterocycles. The van der Waals surface area contributed by atoms with Crippen LogP contribution in [0.1, 0.15) is 28.4 Å². The van der Waals surface area contributed by atoms with Gasteiger partial charge in [0.25, 0.3) is 0 Å². The predicted molar refractivity (Wildman–Crippen MR) is 94.8 cm³/mol. The second-order valence-corrected chi connectivity index (χ2v) is 6.36. The lowest BCUT2D eigenvalue weighted by Crippen LogP contribution is -2.05. The molecule has 0 radical (unpaired) electrons. The normalized spacial score (nSPS) is 10.8. The maximum atomic E-state index is 12.4. The van der Waals surface area contributed by atoms with E-state index in [2.05, 4.69) is 22.4 Å². The van der Waals surface area contributed by atoms with Gasteiger partial charge in [-0.15, -0.1) is 5.10 Å². The zero-order chi connectivity index (χ0) is 16.9. The second kappa shape index (κ2) is 7.40. The standard InChI is InChI=1S/C18H18N4OS/c1-3-14-8-10-15(11-9-14)17(23)12-24-18-19-20-21-22(18)16-7-5-4-6-13(16)2/h4-11H,3,12H2,1-2H3. The first-order valence-corrected chi connectivity index (χ1v) is 8.77. The van der Waals surface area contributed by atoms with Crippen molar-refractivity contribution >= 4 is 17.5 Å². The van der Waals surface area contributed by atoms with E-state index >= 15 is 0 Å². The lowest BCUT2D eigenvalue weighted by Gasteiger charge is -2.07. The third-order valence-corrected chi connectivity index (χ3v) is 4.72. The minimum absolute atomic E-state index is 0.0713. The number of hydrogen-bond donors (Lipinski definition) is 0. The van der Waals surface area contributed by atoms with Crippen LogP contribution in [-0.4, -0.2) is 31.7 Å². The summed E-state index contributed by atoms with van der Waals surface area (Å²) in [4.78, 5) is 12.4. The summed E-state index contributed by atoms with van der Waals surface area (Å²) in [5, 5.41) is 12.4. The summed E-state index contributed by atoms with van der Waals surface area (Å²) < 4.78 is 1.67. The van der Waals surface area contributed by atoms with Gasteiger partial charge in [0.05, 0.1) is 11.4 Å². The van der Waals surface area contributed by atoms with Crippen LogP contribution in [0.5, 0.6) is 0 Å². The Bertz CT molecular complexity index is 842. The minimum Gasteiger partial charge on any atom is -0.293 e. The summed E-state index contributed by atoms with van der Waals surface area (Å²) in [5.74, 6) is 0.375. The quantitative estimate of drug-likeness (QED) is 0.508. The number of hydrogen-bond acceptors (Lipinski definition) is 5. The molecule has 2 aromatic carbocycles. The van der Waals surface area contributed by atoms with Gasteiger partial charge in [0.1, 0.15) is 0 Å². The summed E-state index contributed by atoms with van der Waals surface area (Å²) in [6.45, 7) is 4.10. The van der Waals surface area contributed by atoms with E-state index in [0.29, 0.717) is 10.9 Å². The van der Waals surface area contributed by atoms with Crippen LogP contribution in [0, 0.1) is 6.92 Å². The smallest absolute Gasteiger partial charge is 0.214 e. The van der Waals surface area contributed by atoms with Crippen molar-refractivity contribution in [2.24, 2.45) is 0 Å². The largest absolute Gasteiger partial charge is 0.293 e. The molecule has 0 bridgehead atoms. The number of ketones is 1. The first kappa shape index (κ1) is 16.4. The molecule has 122 valence electrons. The Morgan fingerprint density at radius 1 is 1.12 bits per heavy atom. The Hall–Kier alpha value is -2.47. The number of tetrazole rings is 1. The zero-order valence-electron chi connectivity index (χ0n) is 13.6. The van der Waals surface area contributed by atoms with Gasteiger partial charge in [-0.2, -0.15) is 4.68 Å². The lowest BCUT2D eigenvalue weighted by molar-refractivity contribution is 0.102. The van der Waals surface area contributed by atoms with Gasteiger partial charge in [0.2, 0.25) is 5.16 Å². The molecule has 3 aromatic rings. The Kier molecular flexibility index (Phi) is 5.05. The molecule has 0 aliphatic rings. The molecule has 24 heavy (non-hydrogen) atoms. The van der Waals surface area contributed by atoms with Crippen LogP contribution in [0.15, 0.2) is 53.7 Å². The second-order valence-electron chi connectivity index (χ2n) is 5.42. The van der Waals surface area contributed by atoms with E-state index in [9.17, 15) is 4.79 Å². The maximum Gasteiger partial charge on any atom is 0.214 e. The number of carbonyl (C=O) groups is 1. The molecule has 0 amide bonds. The average Bonchev–Trinajstić information content (AvgIpc) is 3.08.